The van der Waals surface area contributed by atoms with Gasteiger partial charge in [-0.1, -0.05) is 13.5 Å². The normalized spacial score (nSPS) is 33.1. The van der Waals surface area contributed by atoms with Crippen molar-refractivity contribution < 1.29 is 0 Å². The summed E-state index contributed by atoms with van der Waals surface area (Å²) in [7, 11) is 0. The van der Waals surface area contributed by atoms with Crippen LogP contribution in [-0.2, 0) is 0 Å². The van der Waals surface area contributed by atoms with E-state index in [1.54, 1.807) is 0 Å². The fourth-order valence-corrected chi connectivity index (χ4v) is 6.42. The summed E-state index contributed by atoms with van der Waals surface area (Å²) in [5.41, 5.74) is 1.20. The molecule has 0 radical (unpaired) electrons. The van der Waals surface area contributed by atoms with Crippen LogP contribution in [0.5, 0.6) is 0 Å². The first-order valence-corrected chi connectivity index (χ1v) is 12.3. The largest absolute Gasteiger partial charge is 0.371 e. The van der Waals surface area contributed by atoms with Crippen LogP contribution in [0.15, 0.2) is 24.5 Å². The van der Waals surface area contributed by atoms with Crippen molar-refractivity contribution in [1.29, 1.82) is 0 Å². The van der Waals surface area contributed by atoms with Gasteiger partial charge in [-0.3, -0.25) is 0 Å². The van der Waals surface area contributed by atoms with Crippen LogP contribution in [0.3, 0.4) is 0 Å². The van der Waals surface area contributed by atoms with Crippen molar-refractivity contribution in [3.8, 4) is 0 Å². The predicted octanol–water partition coefficient (Wildman–Crippen LogP) is 4.42. The molecule has 1 saturated carbocycles. The average molecular weight is 410 g/mol. The van der Waals surface area contributed by atoms with Gasteiger partial charge in [-0.2, -0.15) is 0 Å². The molecule has 5 rings (SSSR count). The SMILES string of the molecule is C=C(C)N1CC2CCC(C1)N2c1ccnc(C2CCN([C@H]3CC[C@@H](C)CC3)CC2)n1. The molecule has 1 aromatic heterocycles. The lowest BCUT2D eigenvalue weighted by Crippen LogP contribution is -2.53. The van der Waals surface area contributed by atoms with Crippen LogP contribution in [0.1, 0.15) is 77.0 Å². The lowest BCUT2D eigenvalue weighted by molar-refractivity contribution is 0.109. The van der Waals surface area contributed by atoms with E-state index < -0.39 is 0 Å². The molecular formula is C25H39N5. The highest BCUT2D eigenvalue weighted by Crippen LogP contribution is 2.36. The van der Waals surface area contributed by atoms with Gasteiger partial charge in [0.2, 0.25) is 0 Å². The van der Waals surface area contributed by atoms with Crippen molar-refractivity contribution in [1.82, 2.24) is 19.8 Å². The minimum Gasteiger partial charge on any atom is -0.371 e. The zero-order valence-electron chi connectivity index (χ0n) is 19.0. The lowest BCUT2D eigenvalue weighted by Gasteiger charge is -2.43. The van der Waals surface area contributed by atoms with Crippen molar-refractivity contribution >= 4 is 5.82 Å². The van der Waals surface area contributed by atoms with Gasteiger partial charge in [-0.05, 0) is 83.4 Å². The molecule has 4 fully saturated rings. The zero-order chi connectivity index (χ0) is 20.7. The van der Waals surface area contributed by atoms with Gasteiger partial charge >= 0.3 is 0 Å². The number of likely N-dealkylation sites (tertiary alicyclic amines) is 2. The highest BCUT2D eigenvalue weighted by molar-refractivity contribution is 5.44. The van der Waals surface area contributed by atoms with Crippen LogP contribution in [0, 0.1) is 5.92 Å². The molecule has 4 aliphatic rings. The van der Waals surface area contributed by atoms with Gasteiger partial charge in [-0.15, -0.1) is 0 Å². The Morgan fingerprint density at radius 1 is 0.933 bits per heavy atom. The Bertz CT molecular complexity index is 734. The Kier molecular flexibility index (Phi) is 5.74. The summed E-state index contributed by atoms with van der Waals surface area (Å²) in [6.45, 7) is 13.3. The molecule has 164 valence electrons. The van der Waals surface area contributed by atoms with E-state index in [9.17, 15) is 0 Å². The van der Waals surface area contributed by atoms with Gasteiger partial charge in [0, 0.05) is 49.0 Å². The molecule has 2 unspecified atom stereocenters. The molecule has 3 aliphatic heterocycles. The molecular weight excluding hydrogens is 370 g/mol. The topological polar surface area (TPSA) is 35.5 Å². The van der Waals surface area contributed by atoms with E-state index in [1.165, 1.54) is 70.2 Å². The van der Waals surface area contributed by atoms with Crippen LogP contribution >= 0.6 is 0 Å². The van der Waals surface area contributed by atoms with Gasteiger partial charge in [0.05, 0.1) is 0 Å². The number of nitrogens with zero attached hydrogens (tertiary/aromatic N) is 5. The number of piperidine rings is 1. The van der Waals surface area contributed by atoms with Crippen molar-refractivity contribution in [3.63, 3.8) is 0 Å². The summed E-state index contributed by atoms with van der Waals surface area (Å²) in [4.78, 5) is 17.7. The highest BCUT2D eigenvalue weighted by atomic mass is 15.4. The zero-order valence-corrected chi connectivity index (χ0v) is 19.0. The first-order valence-electron chi connectivity index (χ1n) is 12.3. The van der Waals surface area contributed by atoms with E-state index in [0.717, 1.165) is 36.7 Å². The molecule has 0 N–H and O–H groups in total. The molecule has 0 amide bonds. The van der Waals surface area contributed by atoms with Crippen LogP contribution in [0.25, 0.3) is 0 Å². The second kappa shape index (κ2) is 8.49. The van der Waals surface area contributed by atoms with Crippen molar-refractivity contribution in [2.45, 2.75) is 89.3 Å². The first kappa shape index (κ1) is 20.3. The standard InChI is InChI=1S/C25H39N5/c1-18(2)29-16-22-8-9-23(17-29)30(22)24-10-13-26-25(27-24)20-11-14-28(15-12-20)21-6-4-19(3)5-7-21/h10,13,19-23H,1,4-9,11-12,14-17H2,2-3H3/t19-,21+,22?,23?. The molecule has 4 heterocycles. The maximum atomic E-state index is 5.13. The molecule has 2 atom stereocenters. The quantitative estimate of drug-likeness (QED) is 0.735. The Labute approximate surface area is 182 Å². The second-order valence-corrected chi connectivity index (χ2v) is 10.4. The number of allylic oxidation sites excluding steroid dienone is 1. The van der Waals surface area contributed by atoms with E-state index >= 15 is 0 Å². The number of fused-ring (bicyclic) bond motifs is 2. The minimum atomic E-state index is 0.526. The fraction of sp³-hybridized carbons (Fsp3) is 0.760. The summed E-state index contributed by atoms with van der Waals surface area (Å²) in [6, 6.07) is 4.11. The van der Waals surface area contributed by atoms with Crippen LogP contribution < -0.4 is 4.90 Å². The number of hydrogen-bond donors (Lipinski definition) is 0. The molecule has 0 aromatic carbocycles. The summed E-state index contributed by atoms with van der Waals surface area (Å²) >= 11 is 0. The van der Waals surface area contributed by atoms with Crippen molar-refractivity contribution in [2.75, 3.05) is 31.1 Å². The van der Waals surface area contributed by atoms with Gasteiger partial charge in [0.15, 0.2) is 0 Å². The minimum absolute atomic E-state index is 0.526. The Morgan fingerprint density at radius 2 is 1.57 bits per heavy atom. The maximum Gasteiger partial charge on any atom is 0.133 e. The number of hydrogen-bond acceptors (Lipinski definition) is 5. The maximum absolute atomic E-state index is 5.13. The number of rotatable bonds is 4. The molecule has 1 aromatic rings. The van der Waals surface area contributed by atoms with Gasteiger partial charge in [-0.25, -0.2) is 9.97 Å². The van der Waals surface area contributed by atoms with Crippen LogP contribution in [-0.4, -0.2) is 64.1 Å². The van der Waals surface area contributed by atoms with Crippen LogP contribution in [0.2, 0.25) is 0 Å². The highest BCUT2D eigenvalue weighted by Gasteiger charge is 2.40. The van der Waals surface area contributed by atoms with E-state index in [4.69, 9.17) is 9.97 Å². The third kappa shape index (κ3) is 3.98. The van der Waals surface area contributed by atoms with E-state index in [1.807, 2.05) is 6.20 Å². The first-order chi connectivity index (χ1) is 14.6. The molecule has 0 spiro atoms. The third-order valence-electron chi connectivity index (χ3n) is 8.34. The summed E-state index contributed by atoms with van der Waals surface area (Å²) in [6.07, 6.45) is 12.6. The second-order valence-electron chi connectivity index (χ2n) is 10.4. The Hall–Kier alpha value is -1.62. The Morgan fingerprint density at radius 3 is 2.20 bits per heavy atom. The van der Waals surface area contributed by atoms with Gasteiger partial charge < -0.3 is 14.7 Å². The van der Waals surface area contributed by atoms with Crippen molar-refractivity contribution in [3.05, 3.63) is 30.4 Å². The lowest BCUT2D eigenvalue weighted by atomic mass is 9.85. The van der Waals surface area contributed by atoms with Crippen molar-refractivity contribution in [2.24, 2.45) is 5.92 Å². The van der Waals surface area contributed by atoms with E-state index in [0.29, 0.717) is 18.0 Å². The predicted molar refractivity (Wildman–Crippen MR) is 123 cm³/mol. The summed E-state index contributed by atoms with van der Waals surface area (Å²) < 4.78 is 0. The number of aromatic nitrogens is 2. The molecule has 5 nitrogen and oxygen atoms in total. The number of piperazine rings is 1. The molecule has 5 heteroatoms. The average Bonchev–Trinajstić information content (AvgIpc) is 3.03. The smallest absolute Gasteiger partial charge is 0.133 e. The molecule has 2 bridgehead atoms. The van der Waals surface area contributed by atoms with E-state index in [-0.39, 0.29) is 0 Å². The Balaban J connectivity index is 1.23. The van der Waals surface area contributed by atoms with E-state index in [2.05, 4.69) is 41.2 Å². The van der Waals surface area contributed by atoms with Gasteiger partial charge in [0.1, 0.15) is 11.6 Å². The molecule has 1 aliphatic carbocycles. The molecule has 30 heavy (non-hydrogen) atoms. The monoisotopic (exact) mass is 409 g/mol. The van der Waals surface area contributed by atoms with Crippen LogP contribution in [0.4, 0.5) is 5.82 Å². The molecule has 3 saturated heterocycles. The van der Waals surface area contributed by atoms with Gasteiger partial charge in [0.25, 0.3) is 0 Å². The number of anilines is 1. The third-order valence-corrected chi connectivity index (χ3v) is 8.34. The fourth-order valence-electron chi connectivity index (χ4n) is 6.42. The summed E-state index contributed by atoms with van der Waals surface area (Å²) in [5.74, 6) is 3.71. The summed E-state index contributed by atoms with van der Waals surface area (Å²) in [5, 5.41) is 0.